The summed E-state index contributed by atoms with van der Waals surface area (Å²) in [6, 6.07) is 14.2. The highest BCUT2D eigenvalue weighted by Crippen LogP contribution is 2.30. The average molecular weight is 443 g/mol. The summed E-state index contributed by atoms with van der Waals surface area (Å²) in [6.45, 7) is 0.836. The number of anilines is 1. The zero-order valence-corrected chi connectivity index (χ0v) is 18.0. The van der Waals surface area contributed by atoms with E-state index in [2.05, 4.69) is 0 Å². The summed E-state index contributed by atoms with van der Waals surface area (Å²) >= 11 is 1.36. The second kappa shape index (κ2) is 7.73. The first-order valence-corrected chi connectivity index (χ1v) is 12.2. The van der Waals surface area contributed by atoms with Crippen molar-refractivity contribution in [2.24, 2.45) is 5.73 Å². The average Bonchev–Trinajstić information content (AvgIpc) is 3.30. The Morgan fingerprint density at radius 1 is 1.23 bits per heavy atom. The lowest BCUT2D eigenvalue weighted by Crippen LogP contribution is -2.45. The van der Waals surface area contributed by atoms with Crippen LogP contribution in [-0.2, 0) is 21.4 Å². The van der Waals surface area contributed by atoms with Crippen molar-refractivity contribution in [1.82, 2.24) is 4.90 Å². The van der Waals surface area contributed by atoms with Crippen LogP contribution in [0.3, 0.4) is 0 Å². The van der Waals surface area contributed by atoms with Gasteiger partial charge in [-0.25, -0.2) is 8.42 Å². The highest BCUT2D eigenvalue weighted by molar-refractivity contribution is 7.92. The van der Waals surface area contributed by atoms with Crippen molar-refractivity contribution < 1.29 is 13.2 Å². The lowest BCUT2D eigenvalue weighted by Gasteiger charge is -2.28. The van der Waals surface area contributed by atoms with Crippen molar-refractivity contribution in [2.45, 2.75) is 19.0 Å². The molecule has 0 radical (unpaired) electrons. The summed E-state index contributed by atoms with van der Waals surface area (Å²) < 4.78 is 26.6. The van der Waals surface area contributed by atoms with Crippen molar-refractivity contribution >= 4 is 49.6 Å². The number of carbonyl (C=O) groups is 1. The van der Waals surface area contributed by atoms with E-state index in [1.165, 1.54) is 15.6 Å². The van der Waals surface area contributed by atoms with Crippen LogP contribution >= 0.6 is 11.3 Å². The third-order valence-electron chi connectivity index (χ3n) is 5.19. The molecular weight excluding hydrogens is 420 g/mol. The Morgan fingerprint density at radius 3 is 2.63 bits per heavy atom. The van der Waals surface area contributed by atoms with E-state index in [0.717, 1.165) is 22.6 Å². The summed E-state index contributed by atoms with van der Waals surface area (Å²) in [6.07, 6.45) is 1.55. The molecule has 1 aliphatic rings. The molecule has 0 spiro atoms. The first-order chi connectivity index (χ1) is 14.2. The van der Waals surface area contributed by atoms with Crippen molar-refractivity contribution in [2.75, 3.05) is 17.1 Å². The van der Waals surface area contributed by atoms with Crippen LogP contribution in [0.15, 0.2) is 53.9 Å². The van der Waals surface area contributed by atoms with E-state index in [9.17, 15) is 13.2 Å². The third-order valence-corrected chi connectivity index (χ3v) is 7.38. The summed E-state index contributed by atoms with van der Waals surface area (Å²) in [5.74, 6) is -0.222. The number of rotatable bonds is 6. The summed E-state index contributed by atoms with van der Waals surface area (Å²) in [5.41, 5.74) is 6.89. The van der Waals surface area contributed by atoms with Crippen LogP contribution in [0.4, 0.5) is 5.69 Å². The predicted octanol–water partition coefficient (Wildman–Crippen LogP) is 2.75. The standard InChI is InChI=1S/C21H22N4O3S2/c1-30(27,28)25(17-7-6-15-4-2-3-5-16(15)11-17)18-8-9-24(21(18)26)12-14-10-19(20(22)23)29-13-14/h2-7,10-11,13,18H,8-9,12H2,1H3,(H3,22,23)/t18-/m0/s1. The molecule has 3 N–H and O–H groups in total. The fourth-order valence-electron chi connectivity index (χ4n) is 3.83. The highest BCUT2D eigenvalue weighted by Gasteiger charge is 2.40. The van der Waals surface area contributed by atoms with Crippen molar-refractivity contribution in [3.63, 3.8) is 0 Å². The number of amidine groups is 1. The van der Waals surface area contributed by atoms with Gasteiger partial charge in [0.15, 0.2) is 0 Å². The molecule has 1 amide bonds. The third kappa shape index (κ3) is 3.90. The fourth-order valence-corrected chi connectivity index (χ4v) is 5.76. The number of amides is 1. The Bertz CT molecular complexity index is 1240. The second-order valence-corrected chi connectivity index (χ2v) is 10.2. The van der Waals surface area contributed by atoms with Crippen LogP contribution in [0.2, 0.25) is 0 Å². The van der Waals surface area contributed by atoms with Gasteiger partial charge in [-0.3, -0.25) is 14.5 Å². The molecule has 1 aliphatic heterocycles. The number of fused-ring (bicyclic) bond motifs is 1. The number of benzene rings is 2. The van der Waals surface area contributed by atoms with Crippen LogP contribution in [0.5, 0.6) is 0 Å². The minimum atomic E-state index is -3.66. The number of nitrogens with two attached hydrogens (primary N) is 1. The van der Waals surface area contributed by atoms with Gasteiger partial charge in [0.25, 0.3) is 0 Å². The summed E-state index contributed by atoms with van der Waals surface area (Å²) in [7, 11) is -3.66. The topological polar surface area (TPSA) is 108 Å². The van der Waals surface area contributed by atoms with E-state index in [4.69, 9.17) is 11.1 Å². The van der Waals surface area contributed by atoms with Gasteiger partial charge < -0.3 is 10.6 Å². The number of carbonyl (C=O) groups excluding carboxylic acids is 1. The number of nitrogen functional groups attached to an aromatic ring is 1. The molecule has 1 fully saturated rings. The smallest absolute Gasteiger partial charge is 0.246 e. The zero-order valence-electron chi connectivity index (χ0n) is 16.4. The maximum Gasteiger partial charge on any atom is 0.246 e. The molecule has 156 valence electrons. The van der Waals surface area contributed by atoms with Gasteiger partial charge in [0, 0.05) is 13.1 Å². The molecule has 1 aromatic heterocycles. The lowest BCUT2D eigenvalue weighted by atomic mass is 10.1. The lowest BCUT2D eigenvalue weighted by molar-refractivity contribution is -0.129. The number of thiophene rings is 1. The molecule has 30 heavy (non-hydrogen) atoms. The van der Waals surface area contributed by atoms with E-state index >= 15 is 0 Å². The van der Waals surface area contributed by atoms with Crippen molar-refractivity contribution in [3.8, 4) is 0 Å². The van der Waals surface area contributed by atoms with Gasteiger partial charge in [-0.1, -0.05) is 30.3 Å². The van der Waals surface area contributed by atoms with Crippen LogP contribution in [0.25, 0.3) is 10.8 Å². The molecule has 0 unspecified atom stereocenters. The Balaban J connectivity index is 1.61. The number of likely N-dealkylation sites (tertiary alicyclic amines) is 1. The fraction of sp³-hybridized carbons (Fsp3) is 0.238. The molecule has 4 rings (SSSR count). The van der Waals surface area contributed by atoms with E-state index in [-0.39, 0.29) is 11.7 Å². The highest BCUT2D eigenvalue weighted by atomic mass is 32.2. The van der Waals surface area contributed by atoms with E-state index in [1.807, 2.05) is 41.8 Å². The number of hydrogen-bond donors (Lipinski definition) is 2. The second-order valence-electron chi connectivity index (χ2n) is 7.39. The van der Waals surface area contributed by atoms with Crippen molar-refractivity contribution in [3.05, 3.63) is 64.4 Å². The largest absolute Gasteiger partial charge is 0.383 e. The Hall–Kier alpha value is -2.91. The molecule has 1 atom stereocenters. The van der Waals surface area contributed by atoms with Gasteiger partial charge in [-0.15, -0.1) is 11.3 Å². The maximum absolute atomic E-state index is 13.1. The van der Waals surface area contributed by atoms with Crippen LogP contribution in [0, 0.1) is 5.41 Å². The van der Waals surface area contributed by atoms with Gasteiger partial charge >= 0.3 is 0 Å². The normalized spacial score (nSPS) is 16.9. The molecule has 7 nitrogen and oxygen atoms in total. The number of nitrogens with one attached hydrogen (secondary N) is 1. The van der Waals surface area contributed by atoms with Gasteiger partial charge in [0.05, 0.1) is 16.8 Å². The monoisotopic (exact) mass is 442 g/mol. The number of hydrogen-bond acceptors (Lipinski definition) is 5. The van der Waals surface area contributed by atoms with Crippen LogP contribution in [0.1, 0.15) is 16.9 Å². The van der Waals surface area contributed by atoms with Crippen LogP contribution in [-0.4, -0.2) is 43.9 Å². The SMILES string of the molecule is CS(=O)(=O)N(c1ccc2ccccc2c1)[C@H]1CCN(Cc2csc(C(=N)N)c2)C1=O. The number of sulfonamides is 1. The van der Waals surface area contributed by atoms with Gasteiger partial charge in [-0.05, 0) is 46.3 Å². The molecule has 0 bridgehead atoms. The van der Waals surface area contributed by atoms with Crippen molar-refractivity contribution in [1.29, 1.82) is 5.41 Å². The first kappa shape index (κ1) is 20.4. The Kier molecular flexibility index (Phi) is 5.25. The first-order valence-electron chi connectivity index (χ1n) is 9.43. The maximum atomic E-state index is 13.1. The molecular formula is C21H22N4O3S2. The quantitative estimate of drug-likeness (QED) is 0.452. The molecule has 3 aromatic rings. The molecule has 9 heteroatoms. The van der Waals surface area contributed by atoms with E-state index < -0.39 is 16.1 Å². The summed E-state index contributed by atoms with van der Waals surface area (Å²) in [5, 5.41) is 11.3. The van der Waals surface area contributed by atoms with Gasteiger partial charge in [-0.2, -0.15) is 0 Å². The van der Waals surface area contributed by atoms with E-state index in [1.54, 1.807) is 17.0 Å². The summed E-state index contributed by atoms with van der Waals surface area (Å²) in [4.78, 5) is 15.4. The minimum absolute atomic E-state index is 0.00330. The Labute approximate surface area is 179 Å². The van der Waals surface area contributed by atoms with Gasteiger partial charge in [0.1, 0.15) is 11.9 Å². The zero-order chi connectivity index (χ0) is 21.5. The molecule has 2 heterocycles. The molecule has 2 aromatic carbocycles. The molecule has 0 aliphatic carbocycles. The minimum Gasteiger partial charge on any atom is -0.383 e. The molecule has 1 saturated heterocycles. The predicted molar refractivity (Wildman–Crippen MR) is 120 cm³/mol. The molecule has 0 saturated carbocycles. The number of nitrogens with zero attached hydrogens (tertiary/aromatic N) is 2. The van der Waals surface area contributed by atoms with E-state index in [0.29, 0.717) is 30.1 Å². The van der Waals surface area contributed by atoms with Crippen LogP contribution < -0.4 is 10.0 Å². The Morgan fingerprint density at radius 2 is 1.97 bits per heavy atom. The van der Waals surface area contributed by atoms with Gasteiger partial charge in [0.2, 0.25) is 15.9 Å².